The predicted octanol–water partition coefficient (Wildman–Crippen LogP) is 2.15. The van der Waals surface area contributed by atoms with Gasteiger partial charge >= 0.3 is 0 Å². The summed E-state index contributed by atoms with van der Waals surface area (Å²) in [6.45, 7) is 1.92. The fourth-order valence-corrected chi connectivity index (χ4v) is 0.344. The van der Waals surface area contributed by atoms with E-state index >= 15 is 0 Å². The summed E-state index contributed by atoms with van der Waals surface area (Å²) in [6, 6.07) is 0. The SMILES string of the molecule is CCCCC[19F]. The smallest absolute Gasteiger partial charge is 0.0894 e. The van der Waals surface area contributed by atoms with Crippen LogP contribution in [0.15, 0.2) is 0 Å². The summed E-state index contributed by atoms with van der Waals surface area (Å²) in [5, 5.41) is 0. The molecule has 0 atom stereocenters. The maximum absolute atomic E-state index is 11.2. The molecular formula is C5H11F. The number of unbranched alkanes of at least 4 members (excludes halogenated alkanes) is 2. The second kappa shape index (κ2) is 4.93. The van der Waals surface area contributed by atoms with Gasteiger partial charge in [0.15, 0.2) is 0 Å². The maximum Gasteiger partial charge on any atom is 0.0894 e. The van der Waals surface area contributed by atoms with Crippen LogP contribution < -0.4 is 0 Å². The highest BCUT2D eigenvalue weighted by molar-refractivity contribution is 4.31. The first kappa shape index (κ1) is 5.93. The van der Waals surface area contributed by atoms with E-state index in [4.69, 9.17) is 0 Å². The van der Waals surface area contributed by atoms with Gasteiger partial charge in [-0.3, -0.25) is 4.39 Å². The number of halogens is 1. The molecule has 38 valence electrons. The van der Waals surface area contributed by atoms with Crippen LogP contribution in [-0.4, -0.2) is 6.67 Å². The molecule has 0 aliphatic rings. The molecule has 0 fully saturated rings. The van der Waals surface area contributed by atoms with Gasteiger partial charge in [0.2, 0.25) is 0 Å². The average Bonchev–Trinajstić information content (AvgIpc) is 1.61. The summed E-state index contributed by atoms with van der Waals surface area (Å²) in [5.74, 6) is 0. The van der Waals surface area contributed by atoms with Crippen LogP contribution in [0.25, 0.3) is 0 Å². The molecule has 1 heteroatoms. The van der Waals surface area contributed by atoms with Crippen molar-refractivity contribution in [2.24, 2.45) is 0 Å². The number of alkyl halides is 1. The highest BCUT2D eigenvalue weighted by Crippen LogP contribution is 1.91. The molecule has 0 amide bonds. The van der Waals surface area contributed by atoms with E-state index in [1.807, 2.05) is 0 Å². The molecule has 0 aromatic rings. The van der Waals surface area contributed by atoms with Crippen molar-refractivity contribution in [2.75, 3.05) is 6.67 Å². The monoisotopic (exact) mass is 90.1 g/mol. The lowest BCUT2D eigenvalue weighted by Gasteiger charge is -1.84. The molecule has 0 heterocycles. The first-order valence-electron chi connectivity index (χ1n) is 2.47. The van der Waals surface area contributed by atoms with Crippen molar-refractivity contribution in [3.05, 3.63) is 0 Å². The summed E-state index contributed by atoms with van der Waals surface area (Å²) in [7, 11) is 0. The second-order valence-corrected chi connectivity index (χ2v) is 1.40. The van der Waals surface area contributed by atoms with Gasteiger partial charge in [-0.2, -0.15) is 0 Å². The molecule has 0 radical (unpaired) electrons. The normalized spacial score (nSPS) is 9.00. The van der Waals surface area contributed by atoms with Gasteiger partial charge in [-0.25, -0.2) is 0 Å². The Morgan fingerprint density at radius 2 is 2.00 bits per heavy atom. The highest BCUT2D eigenvalue weighted by atomic mass is 19.1. The molecule has 0 nitrogen and oxygen atoms in total. The fourth-order valence-electron chi connectivity index (χ4n) is 0.344. The zero-order chi connectivity index (χ0) is 4.83. The minimum atomic E-state index is -0.145. The Morgan fingerprint density at radius 3 is 2.17 bits per heavy atom. The lowest BCUT2D eigenvalue weighted by Crippen LogP contribution is -1.72. The van der Waals surface area contributed by atoms with E-state index in [1.165, 1.54) is 0 Å². The predicted molar refractivity (Wildman–Crippen MR) is 25.5 cm³/mol. The molecule has 0 saturated carbocycles. The van der Waals surface area contributed by atoms with Gasteiger partial charge in [-0.15, -0.1) is 0 Å². The van der Waals surface area contributed by atoms with Gasteiger partial charge in [-0.1, -0.05) is 19.8 Å². The van der Waals surface area contributed by atoms with E-state index < -0.39 is 0 Å². The third-order valence-corrected chi connectivity index (χ3v) is 0.737. The van der Waals surface area contributed by atoms with Crippen molar-refractivity contribution in [3.8, 4) is 0 Å². The second-order valence-electron chi connectivity index (χ2n) is 1.40. The topological polar surface area (TPSA) is 0 Å². The lowest BCUT2D eigenvalue weighted by atomic mass is 10.3. The van der Waals surface area contributed by atoms with E-state index in [1.54, 1.807) is 0 Å². The number of hydrogen-bond acceptors (Lipinski definition) is 0. The highest BCUT2D eigenvalue weighted by Gasteiger charge is 1.78. The van der Waals surface area contributed by atoms with Crippen molar-refractivity contribution in [1.82, 2.24) is 0 Å². The number of rotatable bonds is 3. The van der Waals surface area contributed by atoms with Crippen LogP contribution in [0.2, 0.25) is 0 Å². The van der Waals surface area contributed by atoms with Crippen LogP contribution in [-0.2, 0) is 0 Å². The Kier molecular flexibility index (Phi) is 4.87. The van der Waals surface area contributed by atoms with Crippen molar-refractivity contribution in [1.29, 1.82) is 0 Å². The standard InChI is InChI=1S/C5H11F/c1-2-3-4-5-6/h2-5H2,1H3/i6+0. The molecule has 0 bridgehead atoms. The van der Waals surface area contributed by atoms with Crippen molar-refractivity contribution >= 4 is 0 Å². The Labute approximate surface area is 38.4 Å². The van der Waals surface area contributed by atoms with Crippen LogP contribution in [0.4, 0.5) is 4.39 Å². The largest absolute Gasteiger partial charge is 0.251 e. The van der Waals surface area contributed by atoms with Crippen molar-refractivity contribution in [3.63, 3.8) is 0 Å². The van der Waals surface area contributed by atoms with Gasteiger partial charge in [-0.05, 0) is 6.42 Å². The minimum absolute atomic E-state index is 0.145. The zero-order valence-corrected chi connectivity index (χ0v) is 4.21. The molecule has 0 aromatic heterocycles. The van der Waals surface area contributed by atoms with Gasteiger partial charge in [0.25, 0.3) is 0 Å². The van der Waals surface area contributed by atoms with Crippen molar-refractivity contribution in [2.45, 2.75) is 26.2 Å². The van der Waals surface area contributed by atoms with E-state index in [0.717, 1.165) is 19.3 Å². The summed E-state index contributed by atoms with van der Waals surface area (Å²) >= 11 is 0. The first-order valence-corrected chi connectivity index (χ1v) is 2.47. The van der Waals surface area contributed by atoms with Crippen LogP contribution in [0.1, 0.15) is 26.2 Å². The first-order chi connectivity index (χ1) is 2.91. The molecule has 0 spiro atoms. The molecule has 0 saturated heterocycles. The molecule has 0 aliphatic heterocycles. The fraction of sp³-hybridized carbons (Fsp3) is 1.00. The minimum Gasteiger partial charge on any atom is -0.251 e. The van der Waals surface area contributed by atoms with E-state index in [-0.39, 0.29) is 6.67 Å². The van der Waals surface area contributed by atoms with Gasteiger partial charge in [0.1, 0.15) is 0 Å². The summed E-state index contributed by atoms with van der Waals surface area (Å²) in [6.07, 6.45) is 2.90. The molecule has 0 N–H and O–H groups in total. The molecule has 6 heavy (non-hydrogen) atoms. The summed E-state index contributed by atoms with van der Waals surface area (Å²) in [5.41, 5.74) is 0. The van der Waals surface area contributed by atoms with Crippen LogP contribution in [0.3, 0.4) is 0 Å². The quantitative estimate of drug-likeness (QED) is 0.466. The van der Waals surface area contributed by atoms with Gasteiger partial charge in [0.05, 0.1) is 6.67 Å². The third kappa shape index (κ3) is 3.93. The zero-order valence-electron chi connectivity index (χ0n) is 4.21. The Hall–Kier alpha value is -0.0700. The van der Waals surface area contributed by atoms with Crippen molar-refractivity contribution < 1.29 is 4.39 Å². The molecule has 0 rings (SSSR count). The lowest BCUT2D eigenvalue weighted by molar-refractivity contribution is 0.460. The van der Waals surface area contributed by atoms with E-state index in [2.05, 4.69) is 6.92 Å². The molecule has 0 unspecified atom stereocenters. The third-order valence-electron chi connectivity index (χ3n) is 0.737. The molecule has 0 aliphatic carbocycles. The van der Waals surface area contributed by atoms with Gasteiger partial charge in [0, 0.05) is 0 Å². The van der Waals surface area contributed by atoms with Crippen LogP contribution in [0.5, 0.6) is 0 Å². The Balaban J connectivity index is 2.34. The van der Waals surface area contributed by atoms with E-state index in [0.29, 0.717) is 0 Å². The molecule has 0 aromatic carbocycles. The summed E-state index contributed by atoms with van der Waals surface area (Å²) in [4.78, 5) is 0. The Bertz CT molecular complexity index is 15.9. The Morgan fingerprint density at radius 1 is 1.33 bits per heavy atom. The number of hydrogen-bond donors (Lipinski definition) is 0. The van der Waals surface area contributed by atoms with E-state index in [9.17, 15) is 4.39 Å². The maximum atomic E-state index is 11.2. The average molecular weight is 90.1 g/mol. The van der Waals surface area contributed by atoms with Crippen LogP contribution >= 0.6 is 0 Å². The van der Waals surface area contributed by atoms with Crippen LogP contribution in [0, 0.1) is 0 Å². The molecular weight excluding hydrogens is 79.1 g/mol. The summed E-state index contributed by atoms with van der Waals surface area (Å²) < 4.78 is 11.2. The van der Waals surface area contributed by atoms with Gasteiger partial charge < -0.3 is 0 Å².